The van der Waals surface area contributed by atoms with Crippen LogP contribution in [0.5, 0.6) is 5.75 Å². The molecule has 2 aromatic carbocycles. The number of hydrogen-bond donors (Lipinski definition) is 0. The van der Waals surface area contributed by atoms with Gasteiger partial charge in [-0.1, -0.05) is 24.3 Å². The van der Waals surface area contributed by atoms with E-state index in [1.165, 1.54) is 6.26 Å². The van der Waals surface area contributed by atoms with Gasteiger partial charge < -0.3 is 14.2 Å². The lowest BCUT2D eigenvalue weighted by molar-refractivity contribution is -0.132. The molecule has 0 radical (unpaired) electrons. The van der Waals surface area contributed by atoms with Crippen molar-refractivity contribution in [2.75, 3.05) is 19.9 Å². The topological polar surface area (TPSA) is 81.5 Å². The zero-order chi connectivity index (χ0) is 21.3. The molecule has 0 aliphatic carbocycles. The SMILES string of the molecule is COc1ccc([C@@H]2CCCN2C(=O)Cn2c(CS(C)(=O)=O)nc3ccccc32)cc1. The molecule has 0 N–H and O–H groups in total. The normalized spacial score (nSPS) is 16.9. The Bertz CT molecular complexity index is 1170. The number of para-hydroxylation sites is 2. The fourth-order valence-corrected chi connectivity index (χ4v) is 4.80. The smallest absolute Gasteiger partial charge is 0.243 e. The number of sulfone groups is 1. The van der Waals surface area contributed by atoms with Gasteiger partial charge >= 0.3 is 0 Å². The van der Waals surface area contributed by atoms with Crippen LogP contribution in [-0.2, 0) is 26.9 Å². The predicted molar refractivity (Wildman–Crippen MR) is 115 cm³/mol. The fourth-order valence-electron chi connectivity index (χ4n) is 4.11. The van der Waals surface area contributed by atoms with E-state index in [9.17, 15) is 13.2 Å². The number of ether oxygens (including phenoxy) is 1. The number of hydrogen-bond acceptors (Lipinski definition) is 5. The fraction of sp³-hybridized carbons (Fsp3) is 0.364. The highest BCUT2D eigenvalue weighted by Crippen LogP contribution is 2.33. The van der Waals surface area contributed by atoms with Crippen LogP contribution < -0.4 is 4.74 Å². The Hall–Kier alpha value is -2.87. The summed E-state index contributed by atoms with van der Waals surface area (Å²) in [6.45, 7) is 0.752. The van der Waals surface area contributed by atoms with Gasteiger partial charge in [-0.2, -0.15) is 0 Å². The van der Waals surface area contributed by atoms with Gasteiger partial charge in [0.1, 0.15) is 23.9 Å². The number of methoxy groups -OCH3 is 1. The van der Waals surface area contributed by atoms with Gasteiger partial charge in [0.2, 0.25) is 5.91 Å². The van der Waals surface area contributed by atoms with Crippen molar-refractivity contribution < 1.29 is 17.9 Å². The van der Waals surface area contributed by atoms with E-state index in [1.54, 1.807) is 11.7 Å². The van der Waals surface area contributed by atoms with Crippen molar-refractivity contribution in [1.82, 2.24) is 14.5 Å². The highest BCUT2D eigenvalue weighted by Gasteiger charge is 2.30. The van der Waals surface area contributed by atoms with E-state index in [4.69, 9.17) is 4.74 Å². The Balaban J connectivity index is 1.62. The molecule has 1 amide bonds. The summed E-state index contributed by atoms with van der Waals surface area (Å²) in [6, 6.07) is 15.2. The number of likely N-dealkylation sites (tertiary alicyclic amines) is 1. The van der Waals surface area contributed by atoms with E-state index >= 15 is 0 Å². The van der Waals surface area contributed by atoms with Gasteiger partial charge in [-0.05, 0) is 42.7 Å². The van der Waals surface area contributed by atoms with E-state index in [2.05, 4.69) is 4.98 Å². The number of carbonyl (C=O) groups excluding carboxylic acids is 1. The van der Waals surface area contributed by atoms with Gasteiger partial charge in [-0.15, -0.1) is 0 Å². The van der Waals surface area contributed by atoms with Gasteiger partial charge in [0.15, 0.2) is 9.84 Å². The second kappa shape index (κ2) is 8.10. The van der Waals surface area contributed by atoms with Crippen molar-refractivity contribution >= 4 is 26.8 Å². The molecular weight excluding hydrogens is 402 g/mol. The summed E-state index contributed by atoms with van der Waals surface area (Å²) < 4.78 is 30.8. The first kappa shape index (κ1) is 20.4. The van der Waals surface area contributed by atoms with Crippen LogP contribution in [0.2, 0.25) is 0 Å². The molecule has 30 heavy (non-hydrogen) atoms. The molecule has 3 aromatic rings. The van der Waals surface area contributed by atoms with Crippen LogP contribution in [-0.4, -0.2) is 48.7 Å². The molecule has 7 nitrogen and oxygen atoms in total. The van der Waals surface area contributed by atoms with Crippen molar-refractivity contribution in [2.45, 2.75) is 31.2 Å². The molecule has 0 bridgehead atoms. The molecular formula is C22H25N3O4S. The van der Waals surface area contributed by atoms with E-state index in [0.717, 1.165) is 29.7 Å². The minimum absolute atomic E-state index is 0.0107. The third-order valence-electron chi connectivity index (χ3n) is 5.49. The summed E-state index contributed by atoms with van der Waals surface area (Å²) in [6.07, 6.45) is 3.01. The molecule has 4 rings (SSSR count). The molecule has 1 aliphatic rings. The lowest BCUT2D eigenvalue weighted by Crippen LogP contribution is -2.34. The van der Waals surface area contributed by atoms with E-state index in [1.807, 2.05) is 53.4 Å². The lowest BCUT2D eigenvalue weighted by atomic mass is 10.0. The summed E-state index contributed by atoms with van der Waals surface area (Å²) in [5.74, 6) is 0.944. The highest BCUT2D eigenvalue weighted by atomic mass is 32.2. The molecule has 1 fully saturated rings. The maximum Gasteiger partial charge on any atom is 0.243 e. The van der Waals surface area contributed by atoms with E-state index in [-0.39, 0.29) is 24.2 Å². The Morgan fingerprint density at radius 2 is 1.90 bits per heavy atom. The monoisotopic (exact) mass is 427 g/mol. The lowest BCUT2D eigenvalue weighted by Gasteiger charge is -2.26. The Morgan fingerprint density at radius 1 is 1.17 bits per heavy atom. The largest absolute Gasteiger partial charge is 0.497 e. The number of fused-ring (bicyclic) bond motifs is 1. The number of aromatic nitrogens is 2. The Labute approximate surface area is 176 Å². The quantitative estimate of drug-likeness (QED) is 0.604. The van der Waals surface area contributed by atoms with E-state index < -0.39 is 9.84 Å². The summed E-state index contributed by atoms with van der Waals surface area (Å²) in [5, 5.41) is 0. The van der Waals surface area contributed by atoms with Gasteiger partial charge in [-0.3, -0.25) is 4.79 Å². The van der Waals surface area contributed by atoms with Crippen LogP contribution in [0.4, 0.5) is 0 Å². The number of rotatable bonds is 6. The molecule has 1 aromatic heterocycles. The molecule has 0 saturated carbocycles. The summed E-state index contributed by atoms with van der Waals surface area (Å²) in [7, 11) is -1.65. The first-order valence-electron chi connectivity index (χ1n) is 9.91. The van der Waals surface area contributed by atoms with Crippen LogP contribution in [0.1, 0.15) is 30.3 Å². The molecule has 0 unspecified atom stereocenters. The molecule has 8 heteroatoms. The molecule has 2 heterocycles. The predicted octanol–water partition coefficient (Wildman–Crippen LogP) is 2.95. The first-order valence-corrected chi connectivity index (χ1v) is 12.0. The van der Waals surface area contributed by atoms with E-state index in [0.29, 0.717) is 17.9 Å². The second-order valence-corrected chi connectivity index (χ2v) is 9.83. The highest BCUT2D eigenvalue weighted by molar-refractivity contribution is 7.89. The van der Waals surface area contributed by atoms with Crippen molar-refractivity contribution in [3.8, 4) is 5.75 Å². The minimum atomic E-state index is -3.28. The van der Waals surface area contributed by atoms with Gasteiger partial charge in [0.05, 0.1) is 24.2 Å². The maximum atomic E-state index is 13.3. The number of carbonyl (C=O) groups is 1. The maximum absolute atomic E-state index is 13.3. The average Bonchev–Trinajstić information content (AvgIpc) is 3.32. The Kier molecular flexibility index (Phi) is 5.51. The average molecular weight is 428 g/mol. The van der Waals surface area contributed by atoms with Crippen LogP contribution in [0.3, 0.4) is 0 Å². The molecule has 0 spiro atoms. The number of amides is 1. The van der Waals surface area contributed by atoms with Gasteiger partial charge in [0, 0.05) is 12.8 Å². The number of imidazole rings is 1. The molecule has 1 atom stereocenters. The van der Waals surface area contributed by atoms with Crippen LogP contribution in [0.25, 0.3) is 11.0 Å². The summed E-state index contributed by atoms with van der Waals surface area (Å²) in [5.41, 5.74) is 2.54. The van der Waals surface area contributed by atoms with Crippen molar-refractivity contribution in [1.29, 1.82) is 0 Å². The van der Waals surface area contributed by atoms with Gasteiger partial charge in [0.25, 0.3) is 0 Å². The molecule has 158 valence electrons. The van der Waals surface area contributed by atoms with Crippen LogP contribution >= 0.6 is 0 Å². The summed E-state index contributed by atoms with van der Waals surface area (Å²) >= 11 is 0. The molecule has 1 aliphatic heterocycles. The minimum Gasteiger partial charge on any atom is -0.497 e. The van der Waals surface area contributed by atoms with Crippen molar-refractivity contribution in [2.24, 2.45) is 0 Å². The second-order valence-electron chi connectivity index (χ2n) is 7.69. The zero-order valence-electron chi connectivity index (χ0n) is 17.1. The standard InChI is InChI=1S/C22H25N3O4S/c1-29-17-11-9-16(10-12-17)19-8-5-13-24(19)22(26)14-25-20-7-4-3-6-18(20)23-21(25)15-30(2,27)28/h3-4,6-7,9-12,19H,5,8,13-15H2,1-2H3/t19-/m0/s1. The Morgan fingerprint density at radius 3 is 2.60 bits per heavy atom. The van der Waals surface area contributed by atoms with Gasteiger partial charge in [-0.25, -0.2) is 13.4 Å². The third-order valence-corrected chi connectivity index (χ3v) is 6.27. The number of benzene rings is 2. The number of nitrogens with zero attached hydrogens (tertiary/aromatic N) is 3. The molecule has 1 saturated heterocycles. The van der Waals surface area contributed by atoms with Crippen molar-refractivity contribution in [3.63, 3.8) is 0 Å². The van der Waals surface area contributed by atoms with Crippen LogP contribution in [0.15, 0.2) is 48.5 Å². The zero-order valence-corrected chi connectivity index (χ0v) is 17.9. The summed E-state index contributed by atoms with van der Waals surface area (Å²) in [4.78, 5) is 19.6. The third kappa shape index (κ3) is 4.18. The first-order chi connectivity index (χ1) is 14.4. The van der Waals surface area contributed by atoms with Crippen LogP contribution in [0, 0.1) is 0 Å². The van der Waals surface area contributed by atoms with Crippen molar-refractivity contribution in [3.05, 3.63) is 59.9 Å².